The number of carbonyl (C=O) groups excluding carboxylic acids is 2. The zero-order valence-electron chi connectivity index (χ0n) is 14.1. The van der Waals surface area contributed by atoms with Crippen LogP contribution in [0, 0.1) is 11.6 Å². The summed E-state index contributed by atoms with van der Waals surface area (Å²) < 4.78 is 32.6. The van der Waals surface area contributed by atoms with Gasteiger partial charge in [0.15, 0.2) is 5.75 Å². The fourth-order valence-electron chi connectivity index (χ4n) is 2.29. The maximum atomic E-state index is 13.9. The summed E-state index contributed by atoms with van der Waals surface area (Å²) in [4.78, 5) is 26.6. The summed E-state index contributed by atoms with van der Waals surface area (Å²) in [6.07, 6.45) is -0.804. The summed E-state index contributed by atoms with van der Waals surface area (Å²) in [5.74, 6) is -2.24. The van der Waals surface area contributed by atoms with E-state index in [2.05, 4.69) is 15.6 Å². The van der Waals surface area contributed by atoms with E-state index in [1.807, 2.05) is 0 Å². The maximum Gasteiger partial charge on any atom is 0.271 e. The van der Waals surface area contributed by atoms with Crippen LogP contribution in [0.15, 0.2) is 24.3 Å². The third-order valence-corrected chi connectivity index (χ3v) is 3.52. The van der Waals surface area contributed by atoms with Crippen LogP contribution in [0.2, 0.25) is 0 Å². The maximum absolute atomic E-state index is 13.9. The van der Waals surface area contributed by atoms with E-state index in [9.17, 15) is 18.4 Å². The minimum absolute atomic E-state index is 0.0399. The molecule has 0 aliphatic heterocycles. The van der Waals surface area contributed by atoms with Crippen LogP contribution in [0.3, 0.4) is 0 Å². The molecule has 2 rings (SSSR count). The molecule has 1 atom stereocenters. The first kappa shape index (κ1) is 18.4. The molecule has 0 saturated heterocycles. The highest BCUT2D eigenvalue weighted by molar-refractivity contribution is 5.99. The second-order valence-electron chi connectivity index (χ2n) is 5.29. The largest absolute Gasteiger partial charge is 0.483 e. The number of nitrogens with one attached hydrogen (secondary N) is 3. The van der Waals surface area contributed by atoms with Crippen LogP contribution >= 0.6 is 0 Å². The summed E-state index contributed by atoms with van der Waals surface area (Å²) in [5.41, 5.74) is 0.311. The molecule has 0 spiro atoms. The van der Waals surface area contributed by atoms with E-state index in [0.29, 0.717) is 6.54 Å². The van der Waals surface area contributed by atoms with Gasteiger partial charge >= 0.3 is 0 Å². The highest BCUT2D eigenvalue weighted by atomic mass is 19.1. The van der Waals surface area contributed by atoms with Crippen molar-refractivity contribution >= 4 is 11.8 Å². The average molecular weight is 351 g/mol. The van der Waals surface area contributed by atoms with E-state index in [1.165, 1.54) is 19.2 Å². The Labute approximate surface area is 143 Å². The van der Waals surface area contributed by atoms with Crippen LogP contribution in [0.25, 0.3) is 0 Å². The van der Waals surface area contributed by atoms with Gasteiger partial charge in [0.1, 0.15) is 29.1 Å². The molecule has 1 aromatic heterocycles. The minimum Gasteiger partial charge on any atom is -0.483 e. The van der Waals surface area contributed by atoms with Crippen LogP contribution in [0.1, 0.15) is 46.5 Å². The van der Waals surface area contributed by atoms with Gasteiger partial charge in [-0.25, -0.2) is 8.78 Å². The van der Waals surface area contributed by atoms with Gasteiger partial charge in [-0.2, -0.15) is 0 Å². The highest BCUT2D eigenvalue weighted by Gasteiger charge is 2.22. The van der Waals surface area contributed by atoms with E-state index in [-0.39, 0.29) is 22.7 Å². The molecular formula is C17H19F2N3O3. The monoisotopic (exact) mass is 351 g/mol. The van der Waals surface area contributed by atoms with Crippen molar-refractivity contribution in [1.29, 1.82) is 0 Å². The molecule has 2 aromatic rings. The number of ether oxygens (including phenoxy) is 1. The molecule has 1 aromatic carbocycles. The zero-order valence-corrected chi connectivity index (χ0v) is 14.1. The molecule has 2 amide bonds. The quantitative estimate of drug-likeness (QED) is 0.748. The van der Waals surface area contributed by atoms with Gasteiger partial charge in [-0.05, 0) is 26.0 Å². The summed E-state index contributed by atoms with van der Waals surface area (Å²) in [6.45, 7) is 3.74. The number of hydrogen-bond acceptors (Lipinski definition) is 3. The Morgan fingerprint density at radius 1 is 1.24 bits per heavy atom. The van der Waals surface area contributed by atoms with Gasteiger partial charge < -0.3 is 20.4 Å². The Hall–Kier alpha value is -2.90. The summed E-state index contributed by atoms with van der Waals surface area (Å²) in [7, 11) is 1.43. The Morgan fingerprint density at radius 2 is 1.96 bits per heavy atom. The molecule has 25 heavy (non-hydrogen) atoms. The Balaban J connectivity index is 2.33. The molecule has 1 heterocycles. The van der Waals surface area contributed by atoms with Gasteiger partial charge in [-0.15, -0.1) is 0 Å². The lowest BCUT2D eigenvalue weighted by Crippen LogP contribution is -2.23. The molecule has 0 aliphatic carbocycles. The van der Waals surface area contributed by atoms with Gasteiger partial charge in [-0.3, -0.25) is 9.59 Å². The van der Waals surface area contributed by atoms with Crippen LogP contribution in [-0.4, -0.2) is 30.4 Å². The van der Waals surface area contributed by atoms with Gasteiger partial charge in [0.05, 0.1) is 0 Å². The first-order valence-electron chi connectivity index (χ1n) is 7.72. The van der Waals surface area contributed by atoms with Crippen LogP contribution < -0.4 is 15.4 Å². The minimum atomic E-state index is -0.804. The highest BCUT2D eigenvalue weighted by Crippen LogP contribution is 2.28. The van der Waals surface area contributed by atoms with Crippen molar-refractivity contribution in [2.45, 2.75) is 20.0 Å². The van der Waals surface area contributed by atoms with Crippen LogP contribution in [0.5, 0.6) is 5.75 Å². The Bertz CT molecular complexity index is 789. The van der Waals surface area contributed by atoms with Gasteiger partial charge in [0.2, 0.25) is 0 Å². The predicted octanol–water partition coefficient (Wildman–Crippen LogP) is 2.54. The van der Waals surface area contributed by atoms with Crippen molar-refractivity contribution in [3.05, 3.63) is 52.9 Å². The molecular weight excluding hydrogens is 332 g/mol. The molecule has 8 heteroatoms. The van der Waals surface area contributed by atoms with E-state index >= 15 is 0 Å². The van der Waals surface area contributed by atoms with Gasteiger partial charge in [0.25, 0.3) is 11.8 Å². The normalized spacial score (nSPS) is 11.7. The SMILES string of the molecule is CCNC(=O)c1cc(O[C@@H](C)c2ccc(F)cc2F)c(C(=O)NC)[nH]1. The fraction of sp³-hybridized carbons (Fsp3) is 0.294. The molecule has 0 bridgehead atoms. The summed E-state index contributed by atoms with van der Waals surface area (Å²) in [5, 5.41) is 5.03. The molecule has 0 fully saturated rings. The number of benzene rings is 1. The summed E-state index contributed by atoms with van der Waals surface area (Å²) in [6, 6.07) is 4.51. The molecule has 0 unspecified atom stereocenters. The summed E-state index contributed by atoms with van der Waals surface area (Å²) >= 11 is 0. The molecule has 0 aliphatic rings. The van der Waals surface area contributed by atoms with E-state index < -0.39 is 29.6 Å². The van der Waals surface area contributed by atoms with Crippen LogP contribution in [-0.2, 0) is 0 Å². The lowest BCUT2D eigenvalue weighted by molar-refractivity contribution is 0.0951. The van der Waals surface area contributed by atoms with E-state index in [0.717, 1.165) is 12.1 Å². The lowest BCUT2D eigenvalue weighted by atomic mass is 10.1. The van der Waals surface area contributed by atoms with Crippen LogP contribution in [0.4, 0.5) is 8.78 Å². The number of aromatic amines is 1. The fourth-order valence-corrected chi connectivity index (χ4v) is 2.29. The van der Waals surface area contributed by atoms with E-state index in [1.54, 1.807) is 13.8 Å². The van der Waals surface area contributed by atoms with E-state index in [4.69, 9.17) is 4.74 Å². The second kappa shape index (κ2) is 7.78. The molecule has 0 saturated carbocycles. The zero-order chi connectivity index (χ0) is 18.6. The number of hydrogen-bond donors (Lipinski definition) is 3. The number of H-pyrrole nitrogens is 1. The lowest BCUT2D eigenvalue weighted by Gasteiger charge is -2.15. The van der Waals surface area contributed by atoms with Crippen molar-refractivity contribution in [2.24, 2.45) is 0 Å². The number of aromatic nitrogens is 1. The Morgan fingerprint density at radius 3 is 2.56 bits per heavy atom. The van der Waals surface area contributed by atoms with Crippen molar-refractivity contribution in [2.75, 3.05) is 13.6 Å². The smallest absolute Gasteiger partial charge is 0.271 e. The van der Waals surface area contributed by atoms with Crippen molar-refractivity contribution in [3.63, 3.8) is 0 Å². The molecule has 134 valence electrons. The van der Waals surface area contributed by atoms with Crippen molar-refractivity contribution < 1.29 is 23.1 Å². The topological polar surface area (TPSA) is 83.2 Å². The first-order chi connectivity index (χ1) is 11.9. The number of halogens is 2. The molecule has 0 radical (unpaired) electrons. The third-order valence-electron chi connectivity index (χ3n) is 3.52. The van der Waals surface area contributed by atoms with Crippen molar-refractivity contribution in [3.8, 4) is 5.75 Å². The van der Waals surface area contributed by atoms with Crippen molar-refractivity contribution in [1.82, 2.24) is 15.6 Å². The van der Waals surface area contributed by atoms with Gasteiger partial charge in [-0.1, -0.05) is 0 Å². The number of carbonyl (C=O) groups is 2. The molecule has 3 N–H and O–H groups in total. The Kier molecular flexibility index (Phi) is 5.74. The molecule has 6 nitrogen and oxygen atoms in total. The standard InChI is InChI=1S/C17H19F2N3O3/c1-4-21-16(23)13-8-14(15(22-13)17(24)20-3)25-9(2)11-6-5-10(18)7-12(11)19/h5-9,22H,4H2,1-3H3,(H,20,24)(H,21,23)/t9-/m0/s1. The number of rotatable bonds is 6. The third kappa shape index (κ3) is 4.14. The van der Waals surface area contributed by atoms with Gasteiger partial charge in [0, 0.05) is 31.3 Å². The average Bonchev–Trinajstić information content (AvgIpc) is 2.98. The number of amides is 2. The predicted molar refractivity (Wildman–Crippen MR) is 87.6 cm³/mol. The second-order valence-corrected chi connectivity index (χ2v) is 5.29. The first-order valence-corrected chi connectivity index (χ1v) is 7.72.